The maximum atomic E-state index is 12.5. The number of rotatable bonds is 2. The topological polar surface area (TPSA) is 59.3 Å². The summed E-state index contributed by atoms with van der Waals surface area (Å²) in [5, 5.41) is 3.46. The summed E-state index contributed by atoms with van der Waals surface area (Å²) in [6.07, 6.45) is 1.84. The number of nitrogens with zero attached hydrogens (tertiary/aromatic N) is 3. The molecular formula is C14H13BrN4OS. The highest BCUT2D eigenvalue weighted by Crippen LogP contribution is 2.23. The summed E-state index contributed by atoms with van der Waals surface area (Å²) in [6, 6.07) is 3.77. The van der Waals surface area contributed by atoms with E-state index in [2.05, 4.69) is 31.2 Å². The molecule has 7 heteroatoms. The van der Waals surface area contributed by atoms with Gasteiger partial charge in [0.25, 0.3) is 5.91 Å². The Hall–Kier alpha value is -1.73. The van der Waals surface area contributed by atoms with E-state index in [0.29, 0.717) is 16.5 Å². The number of amides is 1. The zero-order valence-electron chi connectivity index (χ0n) is 11.8. The first-order valence-electron chi connectivity index (χ1n) is 6.35. The average molecular weight is 365 g/mol. The van der Waals surface area contributed by atoms with Crippen molar-refractivity contribution in [2.75, 3.05) is 5.32 Å². The molecule has 21 heavy (non-hydrogen) atoms. The number of carbonyl (C=O) groups is 1. The van der Waals surface area contributed by atoms with E-state index in [1.807, 2.05) is 39.1 Å². The van der Waals surface area contributed by atoms with Crippen LogP contribution in [-0.4, -0.2) is 20.3 Å². The SMILES string of the molecule is Cc1nc(NC(=O)c2c(C)nc3ccc(Br)cn23)sc1C. The first-order valence-corrected chi connectivity index (χ1v) is 7.96. The largest absolute Gasteiger partial charge is 0.296 e. The maximum absolute atomic E-state index is 12.5. The van der Waals surface area contributed by atoms with E-state index >= 15 is 0 Å². The van der Waals surface area contributed by atoms with Crippen LogP contribution in [0.3, 0.4) is 0 Å². The van der Waals surface area contributed by atoms with Gasteiger partial charge in [0.05, 0.1) is 11.4 Å². The summed E-state index contributed by atoms with van der Waals surface area (Å²) >= 11 is 4.89. The molecule has 5 nitrogen and oxygen atoms in total. The molecule has 0 aliphatic carbocycles. The molecule has 1 N–H and O–H groups in total. The number of aromatic nitrogens is 3. The predicted molar refractivity (Wildman–Crippen MR) is 87.2 cm³/mol. The molecule has 3 aromatic rings. The molecule has 0 spiro atoms. The Labute approximate surface area is 134 Å². The van der Waals surface area contributed by atoms with Crippen LogP contribution in [0.5, 0.6) is 0 Å². The molecule has 0 unspecified atom stereocenters. The maximum Gasteiger partial charge on any atom is 0.276 e. The van der Waals surface area contributed by atoms with Gasteiger partial charge in [-0.3, -0.25) is 14.5 Å². The molecular weight excluding hydrogens is 352 g/mol. The van der Waals surface area contributed by atoms with Crippen molar-refractivity contribution < 1.29 is 4.79 Å². The number of hydrogen-bond acceptors (Lipinski definition) is 4. The molecule has 0 bridgehead atoms. The van der Waals surface area contributed by atoms with Crippen molar-refractivity contribution in [2.24, 2.45) is 0 Å². The lowest BCUT2D eigenvalue weighted by molar-refractivity contribution is 0.102. The molecule has 0 saturated carbocycles. The van der Waals surface area contributed by atoms with E-state index in [0.717, 1.165) is 20.7 Å². The van der Waals surface area contributed by atoms with Gasteiger partial charge in [-0.15, -0.1) is 11.3 Å². The van der Waals surface area contributed by atoms with Crippen LogP contribution in [0, 0.1) is 20.8 Å². The summed E-state index contributed by atoms with van der Waals surface area (Å²) in [6.45, 7) is 5.74. The van der Waals surface area contributed by atoms with Crippen molar-refractivity contribution in [2.45, 2.75) is 20.8 Å². The molecule has 0 radical (unpaired) electrons. The lowest BCUT2D eigenvalue weighted by atomic mass is 10.3. The average Bonchev–Trinajstić information content (AvgIpc) is 2.88. The molecule has 0 aliphatic rings. The van der Waals surface area contributed by atoms with Crippen molar-refractivity contribution in [3.63, 3.8) is 0 Å². The van der Waals surface area contributed by atoms with Gasteiger partial charge in [0, 0.05) is 15.5 Å². The van der Waals surface area contributed by atoms with Crippen LogP contribution in [-0.2, 0) is 0 Å². The zero-order chi connectivity index (χ0) is 15.1. The number of anilines is 1. The van der Waals surface area contributed by atoms with Gasteiger partial charge in [0.1, 0.15) is 11.3 Å². The highest BCUT2D eigenvalue weighted by atomic mass is 79.9. The Morgan fingerprint density at radius 1 is 1.24 bits per heavy atom. The quantitative estimate of drug-likeness (QED) is 0.753. The number of carbonyl (C=O) groups excluding carboxylic acids is 1. The van der Waals surface area contributed by atoms with Crippen molar-refractivity contribution in [1.29, 1.82) is 0 Å². The highest BCUT2D eigenvalue weighted by Gasteiger charge is 2.18. The molecule has 3 rings (SSSR count). The normalized spacial score (nSPS) is 11.0. The van der Waals surface area contributed by atoms with Gasteiger partial charge in [0.2, 0.25) is 0 Å². The number of nitrogens with one attached hydrogen (secondary N) is 1. The molecule has 0 atom stereocenters. The molecule has 0 aliphatic heterocycles. The number of hydrogen-bond donors (Lipinski definition) is 1. The smallest absolute Gasteiger partial charge is 0.276 e. The first kappa shape index (κ1) is 14.2. The molecule has 3 aromatic heterocycles. The van der Waals surface area contributed by atoms with Gasteiger partial charge in [-0.2, -0.15) is 0 Å². The van der Waals surface area contributed by atoms with Crippen LogP contribution in [0.1, 0.15) is 26.8 Å². The summed E-state index contributed by atoms with van der Waals surface area (Å²) in [7, 11) is 0. The van der Waals surface area contributed by atoms with Crippen LogP contribution in [0.15, 0.2) is 22.8 Å². The third-order valence-electron chi connectivity index (χ3n) is 3.22. The van der Waals surface area contributed by atoms with E-state index in [-0.39, 0.29) is 5.91 Å². The minimum Gasteiger partial charge on any atom is -0.296 e. The number of imidazole rings is 1. The zero-order valence-corrected chi connectivity index (χ0v) is 14.2. The minimum absolute atomic E-state index is 0.202. The third kappa shape index (κ3) is 2.58. The molecule has 0 saturated heterocycles. The molecule has 0 fully saturated rings. The van der Waals surface area contributed by atoms with Gasteiger partial charge in [0.15, 0.2) is 5.13 Å². The monoisotopic (exact) mass is 364 g/mol. The highest BCUT2D eigenvalue weighted by molar-refractivity contribution is 9.10. The Kier molecular flexibility index (Phi) is 3.54. The molecule has 1 amide bonds. The van der Waals surface area contributed by atoms with Gasteiger partial charge in [-0.05, 0) is 48.8 Å². The summed E-state index contributed by atoms with van der Waals surface area (Å²) in [5.41, 5.74) is 2.90. The van der Waals surface area contributed by atoms with E-state index in [9.17, 15) is 4.79 Å². The predicted octanol–water partition coefficient (Wildman–Crippen LogP) is 3.73. The molecule has 108 valence electrons. The minimum atomic E-state index is -0.202. The van der Waals surface area contributed by atoms with Crippen LogP contribution in [0.2, 0.25) is 0 Å². The Morgan fingerprint density at radius 3 is 2.67 bits per heavy atom. The molecule has 3 heterocycles. The van der Waals surface area contributed by atoms with Gasteiger partial charge in [-0.1, -0.05) is 0 Å². The fraction of sp³-hybridized carbons (Fsp3) is 0.214. The number of halogens is 1. The van der Waals surface area contributed by atoms with Crippen LogP contribution in [0.4, 0.5) is 5.13 Å². The van der Waals surface area contributed by atoms with Crippen molar-refractivity contribution in [3.05, 3.63) is 44.8 Å². The van der Waals surface area contributed by atoms with Crippen molar-refractivity contribution in [1.82, 2.24) is 14.4 Å². The van der Waals surface area contributed by atoms with E-state index in [1.165, 1.54) is 11.3 Å². The van der Waals surface area contributed by atoms with Gasteiger partial charge in [-0.25, -0.2) is 9.97 Å². The number of aryl methyl sites for hydroxylation is 3. The van der Waals surface area contributed by atoms with Crippen LogP contribution >= 0.6 is 27.3 Å². The van der Waals surface area contributed by atoms with Crippen LogP contribution in [0.25, 0.3) is 5.65 Å². The Bertz CT molecular complexity index is 833. The number of fused-ring (bicyclic) bond motifs is 1. The van der Waals surface area contributed by atoms with Crippen molar-refractivity contribution >= 4 is 44.0 Å². The first-order chi connectivity index (χ1) is 9.95. The van der Waals surface area contributed by atoms with E-state index in [1.54, 1.807) is 4.40 Å². The summed E-state index contributed by atoms with van der Waals surface area (Å²) in [4.78, 5) is 22.4. The fourth-order valence-electron chi connectivity index (χ4n) is 2.09. The standard InChI is InChI=1S/C14H13BrN4OS/c1-7-9(3)21-14(17-7)18-13(20)12-8(2)16-11-5-4-10(15)6-19(11)12/h4-6H,1-3H3,(H,17,18,20). The third-order valence-corrected chi connectivity index (χ3v) is 4.68. The second-order valence-corrected chi connectivity index (χ2v) is 6.85. The van der Waals surface area contributed by atoms with Crippen LogP contribution < -0.4 is 5.32 Å². The second-order valence-electron chi connectivity index (χ2n) is 4.74. The Balaban J connectivity index is 2.01. The Morgan fingerprint density at radius 2 is 2.00 bits per heavy atom. The van der Waals surface area contributed by atoms with E-state index < -0.39 is 0 Å². The lowest BCUT2D eigenvalue weighted by Crippen LogP contribution is -2.15. The number of thiazole rings is 1. The summed E-state index contributed by atoms with van der Waals surface area (Å²) < 4.78 is 2.67. The summed E-state index contributed by atoms with van der Waals surface area (Å²) in [5.74, 6) is -0.202. The second kappa shape index (κ2) is 5.23. The molecule has 0 aromatic carbocycles. The van der Waals surface area contributed by atoms with Crippen molar-refractivity contribution in [3.8, 4) is 0 Å². The lowest BCUT2D eigenvalue weighted by Gasteiger charge is -2.03. The van der Waals surface area contributed by atoms with E-state index in [4.69, 9.17) is 0 Å². The van der Waals surface area contributed by atoms with Gasteiger partial charge >= 0.3 is 0 Å². The number of pyridine rings is 1. The van der Waals surface area contributed by atoms with Gasteiger partial charge < -0.3 is 0 Å². The fourth-order valence-corrected chi connectivity index (χ4v) is 3.24.